The molecule has 0 unspecified atom stereocenters. The van der Waals surface area contributed by atoms with Gasteiger partial charge >= 0.3 is 0 Å². The van der Waals surface area contributed by atoms with Crippen molar-refractivity contribution in [2.45, 2.75) is 0 Å². The van der Waals surface area contributed by atoms with Crippen molar-refractivity contribution in [3.63, 3.8) is 0 Å². The number of rotatable bonds is 2. The Morgan fingerprint density at radius 2 is 1.90 bits per heavy atom. The number of nitrogens with one attached hydrogen (secondary N) is 1. The summed E-state index contributed by atoms with van der Waals surface area (Å²) in [5.41, 5.74) is -0.327. The molecule has 1 heterocycles. The summed E-state index contributed by atoms with van der Waals surface area (Å²) in [7, 11) is 0. The summed E-state index contributed by atoms with van der Waals surface area (Å²) in [5.74, 6) is -5.26. The molecule has 0 aliphatic rings. The van der Waals surface area contributed by atoms with Crippen LogP contribution in [-0.4, -0.2) is 10.9 Å². The topological polar surface area (TPSA) is 65.8 Å². The molecule has 1 N–H and O–H groups in total. The van der Waals surface area contributed by atoms with E-state index < -0.39 is 29.0 Å². The van der Waals surface area contributed by atoms with Gasteiger partial charge in [-0.3, -0.25) is 4.79 Å². The molecular formula is C13H6F3N3O. The molecule has 0 saturated heterocycles. The Balaban J connectivity index is 2.23. The predicted molar refractivity (Wildman–Crippen MR) is 63.2 cm³/mol. The molecule has 0 bridgehead atoms. The quantitative estimate of drug-likeness (QED) is 0.858. The maximum absolute atomic E-state index is 13.4. The first-order valence-corrected chi connectivity index (χ1v) is 5.34. The molecule has 1 amide bonds. The second-order valence-electron chi connectivity index (χ2n) is 3.72. The number of hydrogen-bond donors (Lipinski definition) is 1. The molecule has 0 saturated carbocycles. The molecule has 1 aromatic heterocycles. The van der Waals surface area contributed by atoms with E-state index in [1.807, 2.05) is 0 Å². The largest absolute Gasteiger partial charge is 0.319 e. The minimum Gasteiger partial charge on any atom is -0.319 e. The fraction of sp³-hybridized carbons (Fsp3) is 0. The molecule has 0 atom stereocenters. The van der Waals surface area contributed by atoms with Crippen LogP contribution in [0, 0.1) is 28.8 Å². The molecule has 100 valence electrons. The molecule has 0 aliphatic carbocycles. The van der Waals surface area contributed by atoms with Crippen molar-refractivity contribution < 1.29 is 18.0 Å². The summed E-state index contributed by atoms with van der Waals surface area (Å²) in [6.45, 7) is 0. The summed E-state index contributed by atoms with van der Waals surface area (Å²) < 4.78 is 39.1. The van der Waals surface area contributed by atoms with Crippen molar-refractivity contribution in [3.05, 3.63) is 59.2 Å². The molecule has 20 heavy (non-hydrogen) atoms. The lowest BCUT2D eigenvalue weighted by Crippen LogP contribution is -2.14. The van der Waals surface area contributed by atoms with Gasteiger partial charge in [0.15, 0.2) is 17.5 Å². The molecule has 2 rings (SSSR count). The number of halogens is 3. The van der Waals surface area contributed by atoms with Gasteiger partial charge in [0.05, 0.1) is 11.3 Å². The van der Waals surface area contributed by atoms with Gasteiger partial charge in [0.25, 0.3) is 5.91 Å². The number of amides is 1. The van der Waals surface area contributed by atoms with Crippen LogP contribution in [-0.2, 0) is 0 Å². The lowest BCUT2D eigenvalue weighted by Gasteiger charge is -2.07. The minimum absolute atomic E-state index is 0.0492. The van der Waals surface area contributed by atoms with Gasteiger partial charge in [-0.15, -0.1) is 0 Å². The second-order valence-corrected chi connectivity index (χ2v) is 3.72. The maximum atomic E-state index is 13.4. The van der Waals surface area contributed by atoms with Crippen LogP contribution in [0.5, 0.6) is 0 Å². The smallest absolute Gasteiger partial charge is 0.257 e. The zero-order valence-corrected chi connectivity index (χ0v) is 9.82. The summed E-state index contributed by atoms with van der Waals surface area (Å²) in [5, 5.41) is 10.6. The Labute approximate surface area is 111 Å². The Hall–Kier alpha value is -2.88. The Bertz CT molecular complexity index is 708. The SMILES string of the molecule is N#Cc1ccc(C(=O)Nc2ccc(F)c(F)c2F)cn1. The van der Waals surface area contributed by atoms with Crippen LogP contribution < -0.4 is 5.32 Å². The van der Waals surface area contributed by atoms with E-state index >= 15 is 0 Å². The molecule has 4 nitrogen and oxygen atoms in total. The van der Waals surface area contributed by atoms with Gasteiger partial charge in [0.2, 0.25) is 0 Å². The predicted octanol–water partition coefficient (Wildman–Crippen LogP) is 2.62. The lowest BCUT2D eigenvalue weighted by molar-refractivity contribution is 0.102. The fourth-order valence-electron chi connectivity index (χ4n) is 1.41. The maximum Gasteiger partial charge on any atom is 0.257 e. The monoisotopic (exact) mass is 277 g/mol. The third-order valence-corrected chi connectivity index (χ3v) is 2.42. The van der Waals surface area contributed by atoms with Gasteiger partial charge in [-0.1, -0.05) is 0 Å². The number of aromatic nitrogens is 1. The summed E-state index contributed by atoms with van der Waals surface area (Å²) in [6, 6.07) is 5.98. The highest BCUT2D eigenvalue weighted by atomic mass is 19.2. The standard InChI is InChI=1S/C13H6F3N3O/c14-9-3-4-10(12(16)11(9)15)19-13(20)7-1-2-8(5-17)18-6-7/h1-4,6H,(H,19,20). The van der Waals surface area contributed by atoms with E-state index in [-0.39, 0.29) is 11.3 Å². The molecule has 0 spiro atoms. The van der Waals surface area contributed by atoms with E-state index in [1.54, 1.807) is 6.07 Å². The van der Waals surface area contributed by atoms with E-state index in [2.05, 4.69) is 10.3 Å². The molecule has 7 heteroatoms. The third-order valence-electron chi connectivity index (χ3n) is 2.42. The van der Waals surface area contributed by atoms with Gasteiger partial charge < -0.3 is 5.32 Å². The van der Waals surface area contributed by atoms with Gasteiger partial charge in [0, 0.05) is 6.20 Å². The minimum atomic E-state index is -1.67. The summed E-state index contributed by atoms with van der Waals surface area (Å²) in [6.07, 6.45) is 1.12. The lowest BCUT2D eigenvalue weighted by atomic mass is 10.2. The van der Waals surface area contributed by atoms with Crippen LogP contribution in [0.25, 0.3) is 0 Å². The Kier molecular flexibility index (Phi) is 3.66. The van der Waals surface area contributed by atoms with Crippen LogP contribution in [0.3, 0.4) is 0 Å². The van der Waals surface area contributed by atoms with Gasteiger partial charge in [-0.25, -0.2) is 18.2 Å². The van der Waals surface area contributed by atoms with E-state index in [1.165, 1.54) is 12.1 Å². The zero-order valence-electron chi connectivity index (χ0n) is 9.82. The Morgan fingerprint density at radius 1 is 1.15 bits per heavy atom. The first-order valence-electron chi connectivity index (χ1n) is 5.34. The van der Waals surface area contributed by atoms with Crippen LogP contribution in [0.1, 0.15) is 16.1 Å². The van der Waals surface area contributed by atoms with E-state index in [0.717, 1.165) is 12.3 Å². The fourth-order valence-corrected chi connectivity index (χ4v) is 1.41. The number of nitriles is 1. The van der Waals surface area contributed by atoms with Gasteiger partial charge in [-0.2, -0.15) is 5.26 Å². The number of nitrogens with zero attached hydrogens (tertiary/aromatic N) is 2. The average Bonchev–Trinajstić information content (AvgIpc) is 2.48. The first kappa shape index (κ1) is 13.5. The third kappa shape index (κ3) is 2.59. The number of hydrogen-bond acceptors (Lipinski definition) is 3. The highest BCUT2D eigenvalue weighted by molar-refractivity contribution is 6.04. The second kappa shape index (κ2) is 5.40. The van der Waals surface area contributed by atoms with Crippen molar-refractivity contribution in [2.75, 3.05) is 5.32 Å². The van der Waals surface area contributed by atoms with Crippen LogP contribution in [0.15, 0.2) is 30.5 Å². The van der Waals surface area contributed by atoms with E-state index in [4.69, 9.17) is 5.26 Å². The van der Waals surface area contributed by atoms with E-state index in [9.17, 15) is 18.0 Å². The van der Waals surface area contributed by atoms with Crippen LogP contribution >= 0.6 is 0 Å². The zero-order chi connectivity index (χ0) is 14.7. The molecule has 0 radical (unpaired) electrons. The summed E-state index contributed by atoms with van der Waals surface area (Å²) in [4.78, 5) is 15.4. The highest BCUT2D eigenvalue weighted by Crippen LogP contribution is 2.20. The van der Waals surface area contributed by atoms with Crippen molar-refractivity contribution >= 4 is 11.6 Å². The number of pyridine rings is 1. The first-order chi connectivity index (χ1) is 9.52. The van der Waals surface area contributed by atoms with E-state index in [0.29, 0.717) is 6.07 Å². The molecule has 1 aromatic carbocycles. The molecule has 0 fully saturated rings. The average molecular weight is 277 g/mol. The van der Waals surface area contributed by atoms with Crippen molar-refractivity contribution in [2.24, 2.45) is 0 Å². The Morgan fingerprint density at radius 3 is 2.50 bits per heavy atom. The highest BCUT2D eigenvalue weighted by Gasteiger charge is 2.16. The summed E-state index contributed by atoms with van der Waals surface area (Å²) >= 11 is 0. The van der Waals surface area contributed by atoms with Crippen LogP contribution in [0.2, 0.25) is 0 Å². The van der Waals surface area contributed by atoms with Crippen molar-refractivity contribution in [3.8, 4) is 6.07 Å². The number of benzene rings is 1. The van der Waals surface area contributed by atoms with Crippen molar-refractivity contribution in [1.29, 1.82) is 5.26 Å². The molecule has 2 aromatic rings. The molecule has 0 aliphatic heterocycles. The number of anilines is 1. The van der Waals surface area contributed by atoms with Gasteiger partial charge in [0.1, 0.15) is 11.8 Å². The number of carbonyl (C=O) groups is 1. The van der Waals surface area contributed by atoms with Crippen molar-refractivity contribution in [1.82, 2.24) is 4.98 Å². The number of carbonyl (C=O) groups excluding carboxylic acids is 1. The molecular weight excluding hydrogens is 271 g/mol. The van der Waals surface area contributed by atoms with Gasteiger partial charge in [-0.05, 0) is 24.3 Å². The normalized spacial score (nSPS) is 9.90. The van der Waals surface area contributed by atoms with Crippen LogP contribution in [0.4, 0.5) is 18.9 Å².